The summed E-state index contributed by atoms with van der Waals surface area (Å²) in [5, 5.41) is 50.9. The molecule has 73 heavy (non-hydrogen) atoms. The van der Waals surface area contributed by atoms with Crippen molar-refractivity contribution in [1.82, 2.24) is 0 Å². The molecule has 0 saturated heterocycles. The van der Waals surface area contributed by atoms with Crippen LogP contribution >= 0.6 is 0 Å². The minimum atomic E-state index is -1.96. The van der Waals surface area contributed by atoms with Crippen LogP contribution in [0.1, 0.15) is 165 Å². The van der Waals surface area contributed by atoms with Gasteiger partial charge in [0.2, 0.25) is 0 Å². The lowest BCUT2D eigenvalue weighted by molar-refractivity contribution is 0.00631. The number of aliphatic hydroxyl groups excluding tert-OH is 6. The van der Waals surface area contributed by atoms with E-state index >= 15 is 0 Å². The molecule has 0 spiro atoms. The van der Waals surface area contributed by atoms with Crippen molar-refractivity contribution in [3.8, 4) is 0 Å². The van der Waals surface area contributed by atoms with Crippen molar-refractivity contribution >= 4 is 61.4 Å². The Hall–Kier alpha value is 0.998. The molecule has 6 unspecified atom stereocenters. The number of unbranched alkanes of at least 4 members (excludes halogenated alkanes) is 12. The van der Waals surface area contributed by atoms with E-state index < -0.39 is 79.7 Å². The van der Waals surface area contributed by atoms with Gasteiger partial charge in [0.05, 0.1) is 38.6 Å². The first kappa shape index (κ1) is 82.8. The fourth-order valence-corrected chi connectivity index (χ4v) is 24.8. The maximum atomic E-state index is 9.72. The van der Waals surface area contributed by atoms with Crippen molar-refractivity contribution in [3.05, 3.63) is 0 Å². The summed E-state index contributed by atoms with van der Waals surface area (Å²) in [4.78, 5) is 0. The molecule has 0 bridgehead atoms. The van der Waals surface area contributed by atoms with E-state index in [4.69, 9.17) is 56.2 Å². The highest BCUT2D eigenvalue weighted by Crippen LogP contribution is 2.28. The molecular formula is C53H132O13Si7. The standard InChI is InChI=1S/C43H102O9Si7.2C3H8O2.2C2H6.H2/c1-12-13-14-15-16-17-18-19-20-24-37-59(11,52-54-3)38-27-23-33-49-57(9,39-28-30-46-42-43(45)41-44)36-26-22-32-50-58(10,40-29-34-47-55(4,5)6)35-25-21-31-48-56(7,8)51-53-2;2*1-3(5)2-4;2*1-2;/h43-45H,12-42,53-54H2,1-11H3;2*3-5H,2H2,1H3;2*1-2H3;1H. The van der Waals surface area contributed by atoms with E-state index in [1.165, 1.54) is 103 Å². The van der Waals surface area contributed by atoms with Gasteiger partial charge in [0, 0.05) is 34.5 Å². The predicted molar refractivity (Wildman–Crippen MR) is 334 cm³/mol. The fraction of sp³-hybridized carbons (Fsp3) is 1.00. The fourth-order valence-electron chi connectivity index (χ4n) is 7.93. The third-order valence-electron chi connectivity index (χ3n) is 12.1. The molecule has 0 aliphatic heterocycles. The third kappa shape index (κ3) is 63.7. The molecular weight excluding hydrogens is 1040 g/mol. The minimum absolute atomic E-state index is 0. The van der Waals surface area contributed by atoms with Gasteiger partial charge in [0.1, 0.15) is 25.6 Å². The van der Waals surface area contributed by atoms with Gasteiger partial charge in [-0.25, -0.2) is 0 Å². The van der Waals surface area contributed by atoms with E-state index in [0.717, 1.165) is 89.5 Å². The Morgan fingerprint density at radius 3 is 1.11 bits per heavy atom. The Labute approximate surface area is 465 Å². The maximum absolute atomic E-state index is 9.72. The molecule has 0 fully saturated rings. The molecule has 13 nitrogen and oxygen atoms in total. The normalized spacial score (nSPS) is 15.7. The topological polar surface area (TPSA) is 186 Å². The first-order chi connectivity index (χ1) is 34.5. The van der Waals surface area contributed by atoms with E-state index in [2.05, 4.69) is 72.4 Å². The van der Waals surface area contributed by atoms with Gasteiger partial charge in [-0.3, -0.25) is 0 Å². The van der Waals surface area contributed by atoms with Gasteiger partial charge in [0.15, 0.2) is 33.3 Å². The van der Waals surface area contributed by atoms with Gasteiger partial charge in [-0.1, -0.05) is 131 Å². The molecule has 0 aromatic rings. The zero-order chi connectivity index (χ0) is 56.9. The summed E-state index contributed by atoms with van der Waals surface area (Å²) in [6.45, 7) is 39.9. The summed E-state index contributed by atoms with van der Waals surface area (Å²) in [5.74, 6) is 0. The Morgan fingerprint density at radius 2 is 0.740 bits per heavy atom. The van der Waals surface area contributed by atoms with Crippen LogP contribution in [-0.2, 0) is 30.7 Å². The van der Waals surface area contributed by atoms with E-state index in [0.29, 0.717) is 6.61 Å². The molecule has 6 atom stereocenters. The molecule has 0 rings (SSSR count). The van der Waals surface area contributed by atoms with E-state index in [1.54, 1.807) is 0 Å². The van der Waals surface area contributed by atoms with Crippen LogP contribution in [0.4, 0.5) is 0 Å². The molecule has 0 radical (unpaired) electrons. The van der Waals surface area contributed by atoms with Gasteiger partial charge in [-0.05, 0) is 135 Å². The highest BCUT2D eigenvalue weighted by atomic mass is 28.4. The van der Waals surface area contributed by atoms with Crippen molar-refractivity contribution in [3.63, 3.8) is 0 Å². The van der Waals surface area contributed by atoms with Crippen LogP contribution in [0.25, 0.3) is 0 Å². The molecule has 20 heteroatoms. The summed E-state index contributed by atoms with van der Waals surface area (Å²) in [5.41, 5.74) is 0. The molecule has 0 heterocycles. The van der Waals surface area contributed by atoms with Crippen molar-refractivity contribution in [2.24, 2.45) is 0 Å². The number of hydrogen-bond acceptors (Lipinski definition) is 13. The highest BCUT2D eigenvalue weighted by molar-refractivity contribution is 6.76. The minimum Gasteiger partial charge on any atom is -0.461 e. The molecule has 0 aliphatic carbocycles. The largest absolute Gasteiger partial charge is 0.461 e. The summed E-state index contributed by atoms with van der Waals surface area (Å²) >= 11 is 0. The first-order valence-electron chi connectivity index (χ1n) is 29.8. The van der Waals surface area contributed by atoms with Gasteiger partial charge in [-0.2, -0.15) is 0 Å². The summed E-state index contributed by atoms with van der Waals surface area (Å²) < 4.78 is 44.5. The summed E-state index contributed by atoms with van der Waals surface area (Å²) in [6.07, 6.45) is 20.7. The lowest BCUT2D eigenvalue weighted by Crippen LogP contribution is -2.37. The maximum Gasteiger partial charge on any atom is 0.321 e. The van der Waals surface area contributed by atoms with Crippen LogP contribution in [0.2, 0.25) is 102 Å². The predicted octanol–water partition coefficient (Wildman–Crippen LogP) is 12.0. The Morgan fingerprint density at radius 1 is 0.411 bits per heavy atom. The van der Waals surface area contributed by atoms with Crippen molar-refractivity contribution in [2.45, 2.75) is 284 Å². The van der Waals surface area contributed by atoms with Gasteiger partial charge in [-0.15, -0.1) is 0 Å². The summed E-state index contributed by atoms with van der Waals surface area (Å²) in [7, 11) is -9.79. The van der Waals surface area contributed by atoms with Crippen LogP contribution in [0.15, 0.2) is 0 Å². The second kappa shape index (κ2) is 56.3. The molecule has 450 valence electrons. The van der Waals surface area contributed by atoms with Crippen LogP contribution < -0.4 is 0 Å². The van der Waals surface area contributed by atoms with Crippen LogP contribution in [0, 0.1) is 0 Å². The second-order valence-corrected chi connectivity index (χ2v) is 44.9. The van der Waals surface area contributed by atoms with Crippen LogP contribution in [0.5, 0.6) is 0 Å². The number of hydrogen-bond donors (Lipinski definition) is 6. The zero-order valence-corrected chi connectivity index (χ0v) is 59.4. The quantitative estimate of drug-likeness (QED) is 0.0250. The van der Waals surface area contributed by atoms with Gasteiger partial charge >= 0.3 is 8.56 Å². The average molecular weight is 1170 g/mol. The van der Waals surface area contributed by atoms with Crippen molar-refractivity contribution < 1.29 is 62.7 Å². The van der Waals surface area contributed by atoms with Crippen molar-refractivity contribution in [2.75, 3.05) is 59.5 Å². The van der Waals surface area contributed by atoms with Crippen LogP contribution in [0.3, 0.4) is 0 Å². The molecule has 0 amide bonds. The van der Waals surface area contributed by atoms with Crippen LogP contribution in [-0.4, -0.2) is 170 Å². The lowest BCUT2D eigenvalue weighted by atomic mass is 10.1. The number of ether oxygens (including phenoxy) is 1. The first-order valence-corrected chi connectivity index (χ1v) is 48.5. The van der Waals surface area contributed by atoms with E-state index in [9.17, 15) is 5.11 Å². The Kier molecular flexibility index (Phi) is 63.9. The number of aliphatic hydroxyl groups is 6. The average Bonchev–Trinajstić information content (AvgIpc) is 3.34. The summed E-state index contributed by atoms with van der Waals surface area (Å²) in [6, 6.07) is 7.09. The molecule has 6 N–H and O–H groups in total. The SMILES string of the molecule is CC.CC.CC(O)CO.CC(O)CO.CCCCCCCCCCCC[Si](C)(CCCCO[Si](C)(CCCCO[Si](C)(CCCCO[Si](C)(C)O[SiH2]C)CCCO[Si](C)(C)C)CCCOCC(O)CO)O[SiH2]C.[HH]. The molecule has 0 aliphatic rings. The lowest BCUT2D eigenvalue weighted by Gasteiger charge is -2.30. The van der Waals surface area contributed by atoms with E-state index in [1.807, 2.05) is 27.7 Å². The Bertz CT molecular complexity index is 1090. The highest BCUT2D eigenvalue weighted by Gasteiger charge is 2.32. The smallest absolute Gasteiger partial charge is 0.321 e. The monoisotopic (exact) mass is 1170 g/mol. The zero-order valence-electron chi connectivity index (χ0n) is 51.5. The Balaban J connectivity index is -0.000000682. The van der Waals surface area contributed by atoms with Crippen molar-refractivity contribution in [1.29, 1.82) is 0 Å². The molecule has 0 aromatic heterocycles. The molecule has 0 saturated carbocycles. The van der Waals surface area contributed by atoms with E-state index in [-0.39, 0.29) is 27.9 Å². The van der Waals surface area contributed by atoms with Gasteiger partial charge in [0.25, 0.3) is 0 Å². The number of rotatable bonds is 47. The van der Waals surface area contributed by atoms with Gasteiger partial charge < -0.3 is 61.3 Å². The second-order valence-electron chi connectivity index (χ2n) is 21.6. The molecule has 0 aromatic carbocycles. The third-order valence-corrected chi connectivity index (χ3v) is 32.2.